The lowest BCUT2D eigenvalue weighted by molar-refractivity contribution is -0.139. The molecule has 2 aromatic rings. The number of hydrogen-bond donors (Lipinski definition) is 4. The number of nitrogens with one attached hydrogen (secondary N) is 3. The summed E-state index contributed by atoms with van der Waals surface area (Å²) in [4.78, 5) is 53.6. The first-order valence-corrected chi connectivity index (χ1v) is 7.83. The molecule has 0 radical (unpaired) electrons. The standard InChI is InChI=1S/C16H16N4O6/c1-7-17-11-5-8(26-6-13(22)23)4-9(14(11)18-7)15(24)19-10-2-3-12(21)20-16(10)25/h4-5,10H,2-3,6H2,1H3,(H,17,18)(H,19,24)(H,22,23)(H,20,21,25). The lowest BCUT2D eigenvalue weighted by atomic mass is 10.0. The Balaban J connectivity index is 1.89. The number of aliphatic carboxylic acids is 1. The number of nitrogens with zero attached hydrogens (tertiary/aromatic N) is 1. The summed E-state index contributed by atoms with van der Waals surface area (Å²) in [5.41, 5.74) is 1.01. The van der Waals surface area contributed by atoms with Gasteiger partial charge in [0.05, 0.1) is 11.1 Å². The minimum Gasteiger partial charge on any atom is -0.482 e. The molecule has 1 atom stereocenters. The Kier molecular flexibility index (Phi) is 4.57. The highest BCUT2D eigenvalue weighted by molar-refractivity contribution is 6.08. The second-order valence-electron chi connectivity index (χ2n) is 5.85. The number of benzene rings is 1. The molecule has 0 bridgehead atoms. The maximum absolute atomic E-state index is 12.7. The van der Waals surface area contributed by atoms with Gasteiger partial charge in [-0.1, -0.05) is 0 Å². The molecule has 0 aliphatic carbocycles. The number of H-pyrrole nitrogens is 1. The van der Waals surface area contributed by atoms with Gasteiger partial charge in [-0.25, -0.2) is 9.78 Å². The van der Waals surface area contributed by atoms with Gasteiger partial charge in [0, 0.05) is 12.5 Å². The number of fused-ring (bicyclic) bond motifs is 1. The Morgan fingerprint density at radius 1 is 1.38 bits per heavy atom. The van der Waals surface area contributed by atoms with Gasteiger partial charge in [0.1, 0.15) is 23.1 Å². The van der Waals surface area contributed by atoms with Crippen LogP contribution in [0.5, 0.6) is 5.75 Å². The zero-order valence-electron chi connectivity index (χ0n) is 13.8. The quantitative estimate of drug-likeness (QED) is 0.542. The van der Waals surface area contributed by atoms with Gasteiger partial charge in [-0.3, -0.25) is 19.7 Å². The molecule has 0 spiro atoms. The van der Waals surface area contributed by atoms with Crippen molar-refractivity contribution in [3.8, 4) is 5.75 Å². The molecule has 1 aliphatic heterocycles. The van der Waals surface area contributed by atoms with E-state index in [1.807, 2.05) is 0 Å². The summed E-state index contributed by atoms with van der Waals surface area (Å²) in [6.07, 6.45) is 0.337. The summed E-state index contributed by atoms with van der Waals surface area (Å²) in [6, 6.07) is 2.08. The average molecular weight is 360 g/mol. The molecule has 26 heavy (non-hydrogen) atoms. The van der Waals surface area contributed by atoms with E-state index in [1.165, 1.54) is 6.07 Å². The number of amides is 3. The molecule has 136 valence electrons. The number of ether oxygens (including phenoxy) is 1. The summed E-state index contributed by atoms with van der Waals surface area (Å²) in [5, 5.41) is 13.5. The second kappa shape index (κ2) is 6.82. The molecule has 1 saturated heterocycles. The van der Waals surface area contributed by atoms with Crippen molar-refractivity contribution >= 4 is 34.7 Å². The van der Waals surface area contributed by atoms with Gasteiger partial charge in [-0.15, -0.1) is 0 Å². The summed E-state index contributed by atoms with van der Waals surface area (Å²) in [7, 11) is 0. The highest BCUT2D eigenvalue weighted by Crippen LogP contribution is 2.24. The van der Waals surface area contributed by atoms with E-state index in [9.17, 15) is 19.2 Å². The molecule has 10 nitrogen and oxygen atoms in total. The lowest BCUT2D eigenvalue weighted by Crippen LogP contribution is -2.52. The van der Waals surface area contributed by atoms with Crippen LogP contribution in [0, 0.1) is 6.92 Å². The summed E-state index contributed by atoms with van der Waals surface area (Å²) in [6.45, 7) is 1.15. The van der Waals surface area contributed by atoms with Crippen molar-refractivity contribution < 1.29 is 29.0 Å². The first-order chi connectivity index (χ1) is 12.3. The van der Waals surface area contributed by atoms with E-state index in [-0.39, 0.29) is 30.1 Å². The number of aryl methyl sites for hydroxylation is 1. The van der Waals surface area contributed by atoms with E-state index in [2.05, 4.69) is 20.6 Å². The summed E-state index contributed by atoms with van der Waals surface area (Å²) in [5.74, 6) is -1.93. The number of rotatable bonds is 5. The molecule has 3 amide bonds. The normalized spacial score (nSPS) is 17.0. The number of aromatic nitrogens is 2. The van der Waals surface area contributed by atoms with Crippen LogP contribution in [0.3, 0.4) is 0 Å². The topological polar surface area (TPSA) is 150 Å². The molecule has 0 saturated carbocycles. The first kappa shape index (κ1) is 17.4. The van der Waals surface area contributed by atoms with Crippen LogP contribution < -0.4 is 15.4 Å². The molecule has 1 fully saturated rings. The van der Waals surface area contributed by atoms with Gasteiger partial charge >= 0.3 is 5.97 Å². The number of carbonyl (C=O) groups is 4. The molecule has 2 heterocycles. The average Bonchev–Trinajstić information content (AvgIpc) is 2.94. The maximum Gasteiger partial charge on any atom is 0.341 e. The third-order valence-corrected chi connectivity index (χ3v) is 3.83. The van der Waals surface area contributed by atoms with Crippen LogP contribution >= 0.6 is 0 Å². The number of carboxylic acids is 1. The van der Waals surface area contributed by atoms with Crippen LogP contribution in [-0.2, 0) is 14.4 Å². The Labute approximate surface area is 146 Å². The minimum atomic E-state index is -1.15. The molecule has 1 unspecified atom stereocenters. The Bertz CT molecular complexity index is 919. The highest BCUT2D eigenvalue weighted by Gasteiger charge is 2.29. The second-order valence-corrected chi connectivity index (χ2v) is 5.85. The van der Waals surface area contributed by atoms with E-state index in [1.54, 1.807) is 13.0 Å². The fraction of sp³-hybridized carbons (Fsp3) is 0.312. The number of imide groups is 1. The molecule has 1 aliphatic rings. The van der Waals surface area contributed by atoms with E-state index >= 15 is 0 Å². The van der Waals surface area contributed by atoms with Crippen LogP contribution in [0.4, 0.5) is 0 Å². The number of carboxylic acid groups (broad SMARTS) is 1. The fourth-order valence-electron chi connectivity index (χ4n) is 2.68. The predicted octanol–water partition coefficient (Wildman–Crippen LogP) is -0.130. The van der Waals surface area contributed by atoms with Gasteiger partial charge in [0.25, 0.3) is 5.91 Å². The molecular weight excluding hydrogens is 344 g/mol. The maximum atomic E-state index is 12.7. The van der Waals surface area contributed by atoms with Crippen LogP contribution in [0.15, 0.2) is 12.1 Å². The lowest BCUT2D eigenvalue weighted by Gasteiger charge is -2.22. The Hall–Kier alpha value is -3.43. The van der Waals surface area contributed by atoms with E-state index < -0.39 is 30.4 Å². The van der Waals surface area contributed by atoms with Crippen LogP contribution in [0.1, 0.15) is 29.0 Å². The summed E-state index contributed by atoms with van der Waals surface area (Å²) >= 11 is 0. The number of imidazole rings is 1. The van der Waals surface area contributed by atoms with Crippen LogP contribution in [-0.4, -0.2) is 51.4 Å². The molecule has 10 heteroatoms. The SMILES string of the molecule is Cc1nc2c(C(=O)NC3CCC(=O)NC3=O)cc(OCC(=O)O)cc2[nH]1. The van der Waals surface area contributed by atoms with E-state index in [4.69, 9.17) is 9.84 Å². The van der Waals surface area contributed by atoms with Crippen molar-refractivity contribution in [2.75, 3.05) is 6.61 Å². The Morgan fingerprint density at radius 2 is 2.15 bits per heavy atom. The highest BCUT2D eigenvalue weighted by atomic mass is 16.5. The third-order valence-electron chi connectivity index (χ3n) is 3.83. The molecule has 1 aromatic heterocycles. The molecule has 3 rings (SSSR count). The third kappa shape index (κ3) is 3.63. The van der Waals surface area contributed by atoms with Crippen molar-refractivity contribution in [2.45, 2.75) is 25.8 Å². The number of piperidine rings is 1. The van der Waals surface area contributed by atoms with Gasteiger partial charge in [-0.05, 0) is 19.4 Å². The van der Waals surface area contributed by atoms with Crippen molar-refractivity contribution in [3.05, 3.63) is 23.5 Å². The smallest absolute Gasteiger partial charge is 0.341 e. The number of aromatic amines is 1. The fourth-order valence-corrected chi connectivity index (χ4v) is 2.68. The van der Waals surface area contributed by atoms with Crippen molar-refractivity contribution in [1.82, 2.24) is 20.6 Å². The molecule has 1 aromatic carbocycles. The largest absolute Gasteiger partial charge is 0.482 e. The Morgan fingerprint density at radius 3 is 2.85 bits per heavy atom. The molecule has 4 N–H and O–H groups in total. The van der Waals surface area contributed by atoms with Gasteiger partial charge in [0.2, 0.25) is 11.8 Å². The summed E-state index contributed by atoms with van der Waals surface area (Å²) < 4.78 is 5.15. The van der Waals surface area contributed by atoms with Crippen LogP contribution in [0.2, 0.25) is 0 Å². The number of hydrogen-bond acceptors (Lipinski definition) is 6. The zero-order valence-corrected chi connectivity index (χ0v) is 13.8. The van der Waals surface area contributed by atoms with Gasteiger partial charge in [0.15, 0.2) is 6.61 Å². The van der Waals surface area contributed by atoms with Gasteiger partial charge in [-0.2, -0.15) is 0 Å². The van der Waals surface area contributed by atoms with E-state index in [0.717, 1.165) is 0 Å². The number of carbonyl (C=O) groups excluding carboxylic acids is 3. The van der Waals surface area contributed by atoms with Crippen molar-refractivity contribution in [1.29, 1.82) is 0 Å². The van der Waals surface area contributed by atoms with Crippen molar-refractivity contribution in [2.24, 2.45) is 0 Å². The van der Waals surface area contributed by atoms with Crippen molar-refractivity contribution in [3.63, 3.8) is 0 Å². The van der Waals surface area contributed by atoms with Crippen LogP contribution in [0.25, 0.3) is 11.0 Å². The zero-order chi connectivity index (χ0) is 18.8. The van der Waals surface area contributed by atoms with Gasteiger partial charge < -0.3 is 20.1 Å². The minimum absolute atomic E-state index is 0.134. The predicted molar refractivity (Wildman–Crippen MR) is 87.6 cm³/mol. The monoisotopic (exact) mass is 360 g/mol. The first-order valence-electron chi connectivity index (χ1n) is 7.83. The molecular formula is C16H16N4O6. The van der Waals surface area contributed by atoms with E-state index in [0.29, 0.717) is 16.9 Å².